The zero-order valence-corrected chi connectivity index (χ0v) is 9.54. The minimum atomic E-state index is 0.249. The van der Waals surface area contributed by atoms with Gasteiger partial charge in [-0.3, -0.25) is 0 Å². The van der Waals surface area contributed by atoms with Crippen LogP contribution in [0.2, 0.25) is 0 Å². The van der Waals surface area contributed by atoms with Crippen LogP contribution in [0.25, 0.3) is 0 Å². The molecule has 15 heavy (non-hydrogen) atoms. The molecule has 0 radical (unpaired) electrons. The molecule has 2 heterocycles. The van der Waals surface area contributed by atoms with Crippen LogP contribution >= 0.6 is 11.8 Å². The van der Waals surface area contributed by atoms with Gasteiger partial charge in [0.2, 0.25) is 0 Å². The average molecular weight is 223 g/mol. The number of aromatic nitrogens is 1. The van der Waals surface area contributed by atoms with Crippen molar-refractivity contribution in [1.82, 2.24) is 4.98 Å². The van der Waals surface area contributed by atoms with Crippen molar-refractivity contribution < 1.29 is 0 Å². The Labute approximate surface area is 94.6 Å². The fourth-order valence-electron chi connectivity index (χ4n) is 1.97. The maximum atomic E-state index is 6.18. The summed E-state index contributed by atoms with van der Waals surface area (Å²) in [5.74, 6) is 1.84. The van der Waals surface area contributed by atoms with Gasteiger partial charge in [0.15, 0.2) is 0 Å². The molecule has 1 fully saturated rings. The maximum absolute atomic E-state index is 6.18. The number of thioether (sulfide) groups is 1. The van der Waals surface area contributed by atoms with E-state index in [1.807, 2.05) is 23.9 Å². The molecule has 0 bridgehead atoms. The normalized spacial score (nSPS) is 22.9. The van der Waals surface area contributed by atoms with E-state index in [4.69, 9.17) is 11.5 Å². The minimum absolute atomic E-state index is 0.249. The van der Waals surface area contributed by atoms with Crippen LogP contribution in [0.15, 0.2) is 18.3 Å². The fraction of sp³-hybridized carbons (Fsp3) is 0.545. The molecule has 2 unspecified atom stereocenters. The summed E-state index contributed by atoms with van der Waals surface area (Å²) in [7, 11) is 0. The smallest absolute Gasteiger partial charge is 0.123 e. The monoisotopic (exact) mass is 223 g/mol. The number of nitrogens with zero attached hydrogens (tertiary/aromatic N) is 1. The number of nitrogen functional groups attached to an aromatic ring is 1. The number of rotatable bonds is 3. The van der Waals surface area contributed by atoms with E-state index in [1.165, 1.54) is 24.2 Å². The van der Waals surface area contributed by atoms with Gasteiger partial charge in [0.1, 0.15) is 5.82 Å². The van der Waals surface area contributed by atoms with Crippen LogP contribution < -0.4 is 11.5 Å². The Hall–Kier alpha value is -0.740. The van der Waals surface area contributed by atoms with Gasteiger partial charge in [0.05, 0.1) is 0 Å². The van der Waals surface area contributed by atoms with Crippen LogP contribution in [0, 0.1) is 0 Å². The topological polar surface area (TPSA) is 64.9 Å². The third-order valence-corrected chi connectivity index (χ3v) is 4.30. The highest BCUT2D eigenvalue weighted by Gasteiger charge is 2.22. The van der Waals surface area contributed by atoms with Crippen LogP contribution in [0.5, 0.6) is 0 Å². The van der Waals surface area contributed by atoms with Crippen molar-refractivity contribution in [3.8, 4) is 0 Å². The van der Waals surface area contributed by atoms with Gasteiger partial charge in [-0.1, -0.05) is 0 Å². The molecule has 0 spiro atoms. The first-order chi connectivity index (χ1) is 7.25. The fourth-order valence-corrected chi connectivity index (χ4v) is 3.28. The predicted octanol–water partition coefficient (Wildman–Crippen LogP) is 1.43. The summed E-state index contributed by atoms with van der Waals surface area (Å²) in [4.78, 5) is 3.98. The summed E-state index contributed by atoms with van der Waals surface area (Å²) < 4.78 is 0. The molecule has 3 nitrogen and oxygen atoms in total. The molecule has 1 aliphatic heterocycles. The zero-order chi connectivity index (χ0) is 10.7. The van der Waals surface area contributed by atoms with Crippen molar-refractivity contribution in [3.63, 3.8) is 0 Å². The molecule has 1 aliphatic rings. The molecule has 1 saturated heterocycles. The van der Waals surface area contributed by atoms with Crippen LogP contribution in [0.3, 0.4) is 0 Å². The van der Waals surface area contributed by atoms with Crippen molar-refractivity contribution in [2.24, 2.45) is 5.73 Å². The Balaban J connectivity index is 1.95. The van der Waals surface area contributed by atoms with Crippen molar-refractivity contribution in [2.45, 2.75) is 30.6 Å². The summed E-state index contributed by atoms with van der Waals surface area (Å²) >= 11 is 2.00. The molecular weight excluding hydrogens is 206 g/mol. The first-order valence-electron chi connectivity index (χ1n) is 5.33. The van der Waals surface area contributed by atoms with Gasteiger partial charge >= 0.3 is 0 Å². The second-order valence-electron chi connectivity index (χ2n) is 4.01. The van der Waals surface area contributed by atoms with Crippen molar-refractivity contribution >= 4 is 17.6 Å². The first kappa shape index (κ1) is 10.8. The standard InChI is InChI=1S/C11H17N3S/c12-9(10-2-1-5-15-10)6-8-3-4-14-11(13)7-8/h3-4,7,9-10H,1-2,5-6,12H2,(H2,13,14). The van der Waals surface area contributed by atoms with Gasteiger partial charge in [0, 0.05) is 17.5 Å². The molecular formula is C11H17N3S. The van der Waals surface area contributed by atoms with Gasteiger partial charge < -0.3 is 11.5 Å². The predicted molar refractivity (Wildman–Crippen MR) is 65.8 cm³/mol. The average Bonchev–Trinajstić information content (AvgIpc) is 2.70. The number of anilines is 1. The number of hydrogen-bond donors (Lipinski definition) is 2. The number of hydrogen-bond acceptors (Lipinski definition) is 4. The lowest BCUT2D eigenvalue weighted by atomic mass is 10.0. The quantitative estimate of drug-likeness (QED) is 0.813. The van der Waals surface area contributed by atoms with E-state index < -0.39 is 0 Å². The molecule has 2 rings (SSSR count). The van der Waals surface area contributed by atoms with Crippen molar-refractivity contribution in [3.05, 3.63) is 23.9 Å². The van der Waals surface area contributed by atoms with E-state index in [1.54, 1.807) is 6.20 Å². The lowest BCUT2D eigenvalue weighted by Crippen LogP contribution is -2.33. The molecule has 2 atom stereocenters. The van der Waals surface area contributed by atoms with E-state index >= 15 is 0 Å². The van der Waals surface area contributed by atoms with Gasteiger partial charge in [-0.2, -0.15) is 11.8 Å². The van der Waals surface area contributed by atoms with E-state index in [-0.39, 0.29) is 6.04 Å². The second-order valence-corrected chi connectivity index (χ2v) is 5.36. The minimum Gasteiger partial charge on any atom is -0.384 e. The summed E-state index contributed by atoms with van der Waals surface area (Å²) in [5.41, 5.74) is 13.0. The lowest BCUT2D eigenvalue weighted by molar-refractivity contribution is 0.609. The first-order valence-corrected chi connectivity index (χ1v) is 6.38. The van der Waals surface area contributed by atoms with Crippen LogP contribution in [-0.2, 0) is 6.42 Å². The molecule has 1 aromatic rings. The number of pyridine rings is 1. The lowest BCUT2D eigenvalue weighted by Gasteiger charge is -2.18. The van der Waals surface area contributed by atoms with Crippen LogP contribution in [0.1, 0.15) is 18.4 Å². The molecule has 82 valence electrons. The highest BCUT2D eigenvalue weighted by molar-refractivity contribution is 8.00. The molecule has 0 aromatic carbocycles. The highest BCUT2D eigenvalue weighted by Crippen LogP contribution is 2.29. The number of nitrogens with two attached hydrogens (primary N) is 2. The molecule has 4 N–H and O–H groups in total. The third kappa shape index (κ3) is 2.86. The Bertz CT molecular complexity index is 323. The SMILES string of the molecule is Nc1cc(CC(N)C2CCCS2)ccn1. The summed E-state index contributed by atoms with van der Waals surface area (Å²) in [5, 5.41) is 0.624. The Kier molecular flexibility index (Phi) is 3.49. The summed E-state index contributed by atoms with van der Waals surface area (Å²) in [6, 6.07) is 4.16. The maximum Gasteiger partial charge on any atom is 0.123 e. The van der Waals surface area contributed by atoms with Crippen LogP contribution in [0.4, 0.5) is 5.82 Å². The largest absolute Gasteiger partial charge is 0.384 e. The van der Waals surface area contributed by atoms with Gasteiger partial charge in [0.25, 0.3) is 0 Å². The molecule has 0 aliphatic carbocycles. The Morgan fingerprint density at radius 2 is 2.47 bits per heavy atom. The van der Waals surface area contributed by atoms with E-state index in [0.29, 0.717) is 11.1 Å². The molecule has 0 amide bonds. The second kappa shape index (κ2) is 4.86. The van der Waals surface area contributed by atoms with E-state index in [2.05, 4.69) is 4.98 Å². The van der Waals surface area contributed by atoms with Gasteiger partial charge in [-0.05, 0) is 42.7 Å². The summed E-state index contributed by atoms with van der Waals surface area (Å²) in [6.07, 6.45) is 5.22. The Morgan fingerprint density at radius 1 is 1.60 bits per heavy atom. The van der Waals surface area contributed by atoms with E-state index in [0.717, 1.165) is 6.42 Å². The van der Waals surface area contributed by atoms with Crippen molar-refractivity contribution in [1.29, 1.82) is 0 Å². The Morgan fingerprint density at radius 3 is 3.13 bits per heavy atom. The zero-order valence-electron chi connectivity index (χ0n) is 8.73. The molecule has 4 heteroatoms. The van der Waals surface area contributed by atoms with Crippen LogP contribution in [-0.4, -0.2) is 22.0 Å². The van der Waals surface area contributed by atoms with Gasteiger partial charge in [-0.15, -0.1) is 0 Å². The third-order valence-electron chi connectivity index (χ3n) is 2.76. The van der Waals surface area contributed by atoms with E-state index in [9.17, 15) is 0 Å². The highest BCUT2D eigenvalue weighted by atomic mass is 32.2. The van der Waals surface area contributed by atoms with Gasteiger partial charge in [-0.25, -0.2) is 4.98 Å². The summed E-state index contributed by atoms with van der Waals surface area (Å²) in [6.45, 7) is 0. The van der Waals surface area contributed by atoms with Crippen molar-refractivity contribution in [2.75, 3.05) is 11.5 Å². The molecule has 1 aromatic heterocycles. The molecule has 0 saturated carbocycles.